The normalized spacial score (nSPS) is 13.6. The number of fused-ring (bicyclic) bond motifs is 3. The standard InChI is InChI=1S/C18H19NO5S/c1-11(2)9-15(18(20)21)19-25(22,23)12-7-8-17-14(10-12)13-5-3-4-6-16(13)24-17/h3-8,10-11,15,19H,9H2,1-2H3,(H,20,21)/t15-/m0/s1. The second-order valence-electron chi connectivity index (χ2n) is 6.40. The molecule has 0 aliphatic rings. The number of para-hydroxylation sites is 1. The summed E-state index contributed by atoms with van der Waals surface area (Å²) in [6.45, 7) is 3.68. The predicted molar refractivity (Wildman–Crippen MR) is 94.9 cm³/mol. The fourth-order valence-corrected chi connectivity index (χ4v) is 4.03. The summed E-state index contributed by atoms with van der Waals surface area (Å²) in [7, 11) is -3.96. The summed E-state index contributed by atoms with van der Waals surface area (Å²) in [5.41, 5.74) is 1.25. The number of hydrogen-bond donors (Lipinski definition) is 2. The quantitative estimate of drug-likeness (QED) is 0.702. The average molecular weight is 361 g/mol. The molecule has 132 valence electrons. The smallest absolute Gasteiger partial charge is 0.321 e. The van der Waals surface area contributed by atoms with E-state index in [2.05, 4.69) is 4.72 Å². The van der Waals surface area contributed by atoms with Crippen LogP contribution in [0.25, 0.3) is 21.9 Å². The first kappa shape index (κ1) is 17.4. The van der Waals surface area contributed by atoms with E-state index in [0.717, 1.165) is 5.39 Å². The number of benzene rings is 2. The lowest BCUT2D eigenvalue weighted by atomic mass is 10.1. The van der Waals surface area contributed by atoms with Crippen molar-refractivity contribution >= 4 is 37.9 Å². The van der Waals surface area contributed by atoms with Crippen molar-refractivity contribution in [3.05, 3.63) is 42.5 Å². The molecule has 0 spiro atoms. The summed E-state index contributed by atoms with van der Waals surface area (Å²) in [4.78, 5) is 11.4. The first-order chi connectivity index (χ1) is 11.8. The molecule has 0 saturated carbocycles. The van der Waals surface area contributed by atoms with Gasteiger partial charge in [0.2, 0.25) is 10.0 Å². The molecule has 1 heterocycles. The van der Waals surface area contributed by atoms with Crippen LogP contribution in [0.2, 0.25) is 0 Å². The maximum Gasteiger partial charge on any atom is 0.321 e. The van der Waals surface area contributed by atoms with E-state index in [1.165, 1.54) is 12.1 Å². The van der Waals surface area contributed by atoms with E-state index in [0.29, 0.717) is 16.6 Å². The van der Waals surface area contributed by atoms with Gasteiger partial charge in [-0.1, -0.05) is 32.0 Å². The Labute approximate surface area is 145 Å². The van der Waals surface area contributed by atoms with Crippen LogP contribution in [-0.4, -0.2) is 25.5 Å². The molecule has 2 aromatic carbocycles. The van der Waals surface area contributed by atoms with E-state index < -0.39 is 22.0 Å². The van der Waals surface area contributed by atoms with Crippen molar-refractivity contribution in [3.8, 4) is 0 Å². The van der Waals surface area contributed by atoms with Gasteiger partial charge in [0, 0.05) is 10.8 Å². The van der Waals surface area contributed by atoms with Gasteiger partial charge in [-0.3, -0.25) is 4.79 Å². The van der Waals surface area contributed by atoms with Crippen molar-refractivity contribution in [2.45, 2.75) is 31.2 Å². The zero-order chi connectivity index (χ0) is 18.2. The first-order valence-corrected chi connectivity index (χ1v) is 9.42. The molecule has 0 fully saturated rings. The molecule has 0 saturated heterocycles. The molecule has 0 amide bonds. The Morgan fingerprint density at radius 1 is 1.12 bits per heavy atom. The Morgan fingerprint density at radius 3 is 2.48 bits per heavy atom. The monoisotopic (exact) mass is 361 g/mol. The summed E-state index contributed by atoms with van der Waals surface area (Å²) < 4.78 is 33.2. The van der Waals surface area contributed by atoms with E-state index in [-0.39, 0.29) is 17.2 Å². The first-order valence-electron chi connectivity index (χ1n) is 7.94. The Bertz CT molecular complexity index is 1040. The Hall–Kier alpha value is -2.38. The summed E-state index contributed by atoms with van der Waals surface area (Å²) in [5.74, 6) is -1.14. The van der Waals surface area contributed by atoms with Gasteiger partial charge in [0.25, 0.3) is 0 Å². The van der Waals surface area contributed by atoms with Gasteiger partial charge >= 0.3 is 5.97 Å². The van der Waals surface area contributed by atoms with Gasteiger partial charge in [0.05, 0.1) is 4.90 Å². The summed E-state index contributed by atoms with van der Waals surface area (Å²) in [6, 6.07) is 10.7. The number of carboxylic acid groups (broad SMARTS) is 1. The van der Waals surface area contributed by atoms with Crippen LogP contribution in [0.1, 0.15) is 20.3 Å². The maximum absolute atomic E-state index is 12.6. The largest absolute Gasteiger partial charge is 0.480 e. The van der Waals surface area contributed by atoms with Crippen molar-refractivity contribution in [3.63, 3.8) is 0 Å². The molecule has 0 aliphatic carbocycles. The molecule has 3 rings (SSSR count). The molecule has 0 bridgehead atoms. The van der Waals surface area contributed by atoms with Crippen LogP contribution >= 0.6 is 0 Å². The van der Waals surface area contributed by atoms with E-state index >= 15 is 0 Å². The van der Waals surface area contributed by atoms with E-state index in [1.807, 2.05) is 38.1 Å². The zero-order valence-electron chi connectivity index (χ0n) is 13.9. The highest BCUT2D eigenvalue weighted by molar-refractivity contribution is 7.89. The van der Waals surface area contributed by atoms with Gasteiger partial charge in [-0.05, 0) is 36.6 Å². The molecule has 0 radical (unpaired) electrons. The number of furan rings is 1. The lowest BCUT2D eigenvalue weighted by molar-refractivity contribution is -0.139. The minimum Gasteiger partial charge on any atom is -0.480 e. The van der Waals surface area contributed by atoms with Crippen LogP contribution < -0.4 is 4.72 Å². The van der Waals surface area contributed by atoms with Gasteiger partial charge in [-0.25, -0.2) is 8.42 Å². The number of hydrogen-bond acceptors (Lipinski definition) is 4. The molecular weight excluding hydrogens is 342 g/mol. The molecule has 7 heteroatoms. The third-order valence-electron chi connectivity index (χ3n) is 3.96. The van der Waals surface area contributed by atoms with Crippen LogP contribution in [0.3, 0.4) is 0 Å². The van der Waals surface area contributed by atoms with E-state index in [4.69, 9.17) is 4.42 Å². The van der Waals surface area contributed by atoms with Crippen molar-refractivity contribution in [2.75, 3.05) is 0 Å². The molecule has 25 heavy (non-hydrogen) atoms. The van der Waals surface area contributed by atoms with E-state index in [9.17, 15) is 18.3 Å². The minimum absolute atomic E-state index is 0.0153. The summed E-state index contributed by atoms with van der Waals surface area (Å²) in [6.07, 6.45) is 0.214. The highest BCUT2D eigenvalue weighted by Crippen LogP contribution is 2.30. The van der Waals surface area contributed by atoms with Crippen LogP contribution in [0, 0.1) is 5.92 Å². The van der Waals surface area contributed by atoms with Crippen molar-refractivity contribution in [2.24, 2.45) is 5.92 Å². The van der Waals surface area contributed by atoms with Crippen LogP contribution in [0.5, 0.6) is 0 Å². The second kappa shape index (κ2) is 6.50. The fraction of sp³-hybridized carbons (Fsp3) is 0.278. The Balaban J connectivity index is 2.01. The number of aliphatic carboxylic acids is 1. The molecule has 6 nitrogen and oxygen atoms in total. The van der Waals surface area contributed by atoms with Gasteiger partial charge in [-0.15, -0.1) is 0 Å². The molecule has 2 N–H and O–H groups in total. The van der Waals surface area contributed by atoms with E-state index in [1.54, 1.807) is 6.07 Å². The van der Waals surface area contributed by atoms with Gasteiger partial charge in [0.1, 0.15) is 17.2 Å². The van der Waals surface area contributed by atoms with Gasteiger partial charge < -0.3 is 9.52 Å². The van der Waals surface area contributed by atoms with Gasteiger partial charge in [0.15, 0.2) is 0 Å². The SMILES string of the molecule is CC(C)C[C@H](NS(=O)(=O)c1ccc2oc3ccccc3c2c1)C(=O)O. The third kappa shape index (κ3) is 3.52. The van der Waals surface area contributed by atoms with Crippen molar-refractivity contribution in [1.29, 1.82) is 0 Å². The maximum atomic E-state index is 12.6. The van der Waals surface area contributed by atoms with Gasteiger partial charge in [-0.2, -0.15) is 4.72 Å². The second-order valence-corrected chi connectivity index (χ2v) is 8.11. The highest BCUT2D eigenvalue weighted by atomic mass is 32.2. The summed E-state index contributed by atoms with van der Waals surface area (Å²) >= 11 is 0. The number of carboxylic acids is 1. The minimum atomic E-state index is -3.96. The number of carbonyl (C=O) groups is 1. The number of rotatable bonds is 6. The highest BCUT2D eigenvalue weighted by Gasteiger charge is 2.26. The molecular formula is C18H19NO5S. The molecule has 0 aliphatic heterocycles. The lowest BCUT2D eigenvalue weighted by Crippen LogP contribution is -2.41. The Morgan fingerprint density at radius 2 is 1.80 bits per heavy atom. The average Bonchev–Trinajstić information content (AvgIpc) is 2.91. The summed E-state index contributed by atoms with van der Waals surface area (Å²) in [5, 5.41) is 10.8. The molecule has 3 aromatic rings. The van der Waals surface area contributed by atoms with Crippen molar-refractivity contribution in [1.82, 2.24) is 4.72 Å². The molecule has 0 unspecified atom stereocenters. The number of sulfonamides is 1. The zero-order valence-corrected chi connectivity index (χ0v) is 14.7. The Kier molecular flexibility index (Phi) is 4.53. The predicted octanol–water partition coefficient (Wildman–Crippen LogP) is 3.36. The fourth-order valence-electron chi connectivity index (χ4n) is 2.80. The van der Waals surface area contributed by atoms with Crippen LogP contribution in [0.4, 0.5) is 0 Å². The molecule has 1 atom stereocenters. The molecule has 1 aromatic heterocycles. The third-order valence-corrected chi connectivity index (χ3v) is 5.43. The van der Waals surface area contributed by atoms with Crippen LogP contribution in [0.15, 0.2) is 51.8 Å². The lowest BCUT2D eigenvalue weighted by Gasteiger charge is -2.16. The van der Waals surface area contributed by atoms with Crippen LogP contribution in [-0.2, 0) is 14.8 Å². The topological polar surface area (TPSA) is 96.6 Å². The number of nitrogens with one attached hydrogen (secondary N) is 1. The van der Waals surface area contributed by atoms with Crippen molar-refractivity contribution < 1.29 is 22.7 Å².